The molecule has 0 radical (unpaired) electrons. The summed E-state index contributed by atoms with van der Waals surface area (Å²) in [4.78, 5) is 4.03. The standard InChI is InChI=1S/C19H15N3OS/c1-2-6-16-15(4-1)5-3-7-17(16)18-21-22-19(23-18)24-13-10-14-8-11-20-12-9-14/h1-9,11-12H,10,13H2. The van der Waals surface area contributed by atoms with E-state index in [1.54, 1.807) is 11.8 Å². The number of pyridine rings is 1. The van der Waals surface area contributed by atoms with Crippen molar-refractivity contribution in [2.24, 2.45) is 0 Å². The molecule has 0 N–H and O–H groups in total. The highest BCUT2D eigenvalue weighted by Gasteiger charge is 2.11. The van der Waals surface area contributed by atoms with Gasteiger partial charge in [0.15, 0.2) is 0 Å². The van der Waals surface area contributed by atoms with Crippen LogP contribution in [0.4, 0.5) is 0 Å². The lowest BCUT2D eigenvalue weighted by Crippen LogP contribution is -1.88. The third-order valence-corrected chi connectivity index (χ3v) is 4.61. The Morgan fingerprint density at radius 3 is 2.62 bits per heavy atom. The van der Waals surface area contributed by atoms with Crippen molar-refractivity contribution in [3.05, 3.63) is 72.6 Å². The van der Waals surface area contributed by atoms with Crippen LogP contribution in [0.1, 0.15) is 5.56 Å². The number of fused-ring (bicyclic) bond motifs is 1. The zero-order chi connectivity index (χ0) is 16.2. The average Bonchev–Trinajstić information content (AvgIpc) is 3.11. The highest BCUT2D eigenvalue weighted by molar-refractivity contribution is 7.99. The predicted molar refractivity (Wildman–Crippen MR) is 95.9 cm³/mol. The molecule has 4 rings (SSSR count). The Labute approximate surface area is 144 Å². The number of benzene rings is 2. The quantitative estimate of drug-likeness (QED) is 0.499. The molecule has 0 saturated carbocycles. The first-order chi connectivity index (χ1) is 11.9. The predicted octanol–water partition coefficient (Wildman–Crippen LogP) is 4.62. The monoisotopic (exact) mass is 333 g/mol. The van der Waals surface area contributed by atoms with Crippen molar-refractivity contribution in [2.45, 2.75) is 11.6 Å². The molecule has 0 fully saturated rings. The van der Waals surface area contributed by atoms with Crippen molar-refractivity contribution in [3.63, 3.8) is 0 Å². The van der Waals surface area contributed by atoms with Gasteiger partial charge in [0.05, 0.1) is 0 Å². The fourth-order valence-corrected chi connectivity index (χ4v) is 3.34. The van der Waals surface area contributed by atoms with Gasteiger partial charge in [0.25, 0.3) is 5.22 Å². The molecule has 0 aliphatic rings. The summed E-state index contributed by atoms with van der Waals surface area (Å²) >= 11 is 1.58. The van der Waals surface area contributed by atoms with Crippen LogP contribution in [0.25, 0.3) is 22.2 Å². The number of rotatable bonds is 5. The second-order valence-electron chi connectivity index (χ2n) is 5.35. The molecule has 0 unspecified atom stereocenters. The molecule has 5 heteroatoms. The summed E-state index contributed by atoms with van der Waals surface area (Å²) in [5.74, 6) is 1.46. The van der Waals surface area contributed by atoms with Crippen LogP contribution in [-0.4, -0.2) is 20.9 Å². The van der Waals surface area contributed by atoms with Crippen LogP contribution in [0.15, 0.2) is 76.6 Å². The molecule has 2 aromatic carbocycles. The average molecular weight is 333 g/mol. The number of hydrogen-bond acceptors (Lipinski definition) is 5. The van der Waals surface area contributed by atoms with Gasteiger partial charge in [-0.15, -0.1) is 10.2 Å². The Morgan fingerprint density at radius 2 is 1.71 bits per heavy atom. The SMILES string of the molecule is c1ccc2c(-c3nnc(SCCc4ccncc4)o3)cccc2c1. The van der Waals surface area contributed by atoms with Gasteiger partial charge in [-0.3, -0.25) is 4.98 Å². The van der Waals surface area contributed by atoms with E-state index in [9.17, 15) is 0 Å². The van der Waals surface area contributed by atoms with Crippen LogP contribution in [-0.2, 0) is 6.42 Å². The third-order valence-electron chi connectivity index (χ3n) is 3.79. The molecule has 0 aliphatic carbocycles. The van der Waals surface area contributed by atoms with Gasteiger partial charge in [-0.25, -0.2) is 0 Å². The number of hydrogen-bond donors (Lipinski definition) is 0. The maximum Gasteiger partial charge on any atom is 0.276 e. The summed E-state index contributed by atoms with van der Waals surface area (Å²) in [5, 5.41) is 11.3. The molecular formula is C19H15N3OS. The minimum atomic E-state index is 0.568. The highest BCUT2D eigenvalue weighted by Crippen LogP contribution is 2.29. The zero-order valence-corrected chi connectivity index (χ0v) is 13.7. The van der Waals surface area contributed by atoms with E-state index in [-0.39, 0.29) is 0 Å². The molecular weight excluding hydrogens is 318 g/mol. The van der Waals surface area contributed by atoms with Gasteiger partial charge >= 0.3 is 0 Å². The van der Waals surface area contributed by atoms with Crippen molar-refractivity contribution in [2.75, 3.05) is 5.75 Å². The second kappa shape index (κ2) is 6.84. The fourth-order valence-electron chi connectivity index (χ4n) is 2.59. The fraction of sp³-hybridized carbons (Fsp3) is 0.105. The van der Waals surface area contributed by atoms with Crippen molar-refractivity contribution in [3.8, 4) is 11.5 Å². The number of nitrogens with zero attached hydrogens (tertiary/aromatic N) is 3. The Bertz CT molecular complexity index is 948. The van der Waals surface area contributed by atoms with Gasteiger partial charge in [-0.2, -0.15) is 0 Å². The lowest BCUT2D eigenvalue weighted by molar-refractivity contribution is 0.466. The summed E-state index contributed by atoms with van der Waals surface area (Å²) in [6, 6.07) is 18.4. The van der Waals surface area contributed by atoms with E-state index in [1.165, 1.54) is 10.9 Å². The van der Waals surface area contributed by atoms with Gasteiger partial charge in [0.1, 0.15) is 0 Å². The normalized spacial score (nSPS) is 11.0. The van der Waals surface area contributed by atoms with Crippen molar-refractivity contribution in [1.29, 1.82) is 0 Å². The van der Waals surface area contributed by atoms with Crippen LogP contribution in [0, 0.1) is 0 Å². The molecule has 2 aromatic heterocycles. The van der Waals surface area contributed by atoms with Crippen molar-refractivity contribution in [1.82, 2.24) is 15.2 Å². The first-order valence-electron chi connectivity index (χ1n) is 7.73. The molecule has 0 atom stereocenters. The van der Waals surface area contributed by atoms with E-state index in [0.29, 0.717) is 11.1 Å². The minimum absolute atomic E-state index is 0.568. The van der Waals surface area contributed by atoms with Gasteiger partial charge in [0, 0.05) is 23.7 Å². The number of aromatic nitrogens is 3. The summed E-state index contributed by atoms with van der Waals surface area (Å²) in [7, 11) is 0. The largest absolute Gasteiger partial charge is 0.411 e. The van der Waals surface area contributed by atoms with Crippen LogP contribution < -0.4 is 0 Å². The molecule has 24 heavy (non-hydrogen) atoms. The van der Waals surface area contributed by atoms with E-state index in [1.807, 2.05) is 48.8 Å². The number of thioether (sulfide) groups is 1. The van der Waals surface area contributed by atoms with E-state index in [2.05, 4.69) is 33.4 Å². The summed E-state index contributed by atoms with van der Waals surface area (Å²) in [6.07, 6.45) is 4.57. The van der Waals surface area contributed by atoms with Gasteiger partial charge in [-0.05, 0) is 41.0 Å². The molecule has 0 bridgehead atoms. The molecule has 2 heterocycles. The van der Waals surface area contributed by atoms with Crippen LogP contribution in [0.3, 0.4) is 0 Å². The minimum Gasteiger partial charge on any atom is -0.411 e. The lowest BCUT2D eigenvalue weighted by atomic mass is 10.0. The molecule has 0 saturated heterocycles. The maximum absolute atomic E-state index is 5.84. The topological polar surface area (TPSA) is 51.8 Å². The first-order valence-corrected chi connectivity index (χ1v) is 8.72. The van der Waals surface area contributed by atoms with E-state index >= 15 is 0 Å². The summed E-state index contributed by atoms with van der Waals surface area (Å²) < 4.78 is 5.84. The molecule has 0 aliphatic heterocycles. The highest BCUT2D eigenvalue weighted by atomic mass is 32.2. The molecule has 4 aromatic rings. The van der Waals surface area contributed by atoms with E-state index in [4.69, 9.17) is 4.42 Å². The zero-order valence-electron chi connectivity index (χ0n) is 12.9. The first kappa shape index (κ1) is 14.9. The van der Waals surface area contributed by atoms with Gasteiger partial charge < -0.3 is 4.42 Å². The Morgan fingerprint density at radius 1 is 0.875 bits per heavy atom. The molecule has 0 amide bonds. The summed E-state index contributed by atoms with van der Waals surface area (Å²) in [5.41, 5.74) is 2.23. The molecule has 118 valence electrons. The number of aryl methyl sites for hydroxylation is 1. The molecule has 4 nitrogen and oxygen atoms in total. The smallest absolute Gasteiger partial charge is 0.276 e. The lowest BCUT2D eigenvalue weighted by Gasteiger charge is -2.01. The van der Waals surface area contributed by atoms with Crippen molar-refractivity contribution >= 4 is 22.5 Å². The van der Waals surface area contributed by atoms with Crippen LogP contribution in [0.2, 0.25) is 0 Å². The molecule has 0 spiro atoms. The van der Waals surface area contributed by atoms with Crippen molar-refractivity contribution < 1.29 is 4.42 Å². The van der Waals surface area contributed by atoms with E-state index in [0.717, 1.165) is 23.1 Å². The Balaban J connectivity index is 1.50. The third kappa shape index (κ3) is 3.16. The van der Waals surface area contributed by atoms with Crippen LogP contribution >= 0.6 is 11.8 Å². The Kier molecular flexibility index (Phi) is 4.25. The second-order valence-corrected chi connectivity index (χ2v) is 6.40. The van der Waals surface area contributed by atoms with E-state index < -0.39 is 0 Å². The maximum atomic E-state index is 5.84. The Hall–Kier alpha value is -2.66. The van der Waals surface area contributed by atoms with Crippen LogP contribution in [0.5, 0.6) is 0 Å². The summed E-state index contributed by atoms with van der Waals surface area (Å²) in [6.45, 7) is 0. The van der Waals surface area contributed by atoms with Gasteiger partial charge in [-0.1, -0.05) is 48.2 Å². The van der Waals surface area contributed by atoms with Gasteiger partial charge in [0.2, 0.25) is 5.89 Å².